The Morgan fingerprint density at radius 3 is 2.47 bits per heavy atom. The zero-order chi connectivity index (χ0) is 44.5. The van der Waals surface area contributed by atoms with Crippen molar-refractivity contribution in [2.75, 3.05) is 45.2 Å². The molecule has 4 N–H and O–H groups in total. The van der Waals surface area contributed by atoms with Gasteiger partial charge in [0.15, 0.2) is 0 Å². The summed E-state index contributed by atoms with van der Waals surface area (Å²) in [6.07, 6.45) is 8.38. The van der Waals surface area contributed by atoms with E-state index in [9.17, 15) is 15.0 Å². The van der Waals surface area contributed by atoms with Crippen LogP contribution in [0.25, 0.3) is 28.0 Å². The van der Waals surface area contributed by atoms with Crippen molar-refractivity contribution in [1.29, 1.82) is 0 Å². The minimum Gasteiger partial charge on any atom is -0.508 e. The number of aliphatic imine (C=N–C) groups is 2. The lowest BCUT2D eigenvalue weighted by Crippen LogP contribution is -2.36. The smallest absolute Gasteiger partial charge is 0.318 e. The van der Waals surface area contributed by atoms with Gasteiger partial charge in [-0.1, -0.05) is 67.0 Å². The highest BCUT2D eigenvalue weighted by molar-refractivity contribution is 6.50. The normalized spacial score (nSPS) is 17.9. The first kappa shape index (κ1) is 47.6. The summed E-state index contributed by atoms with van der Waals surface area (Å²) >= 11 is 0. The van der Waals surface area contributed by atoms with E-state index in [0.29, 0.717) is 95.7 Å². The van der Waals surface area contributed by atoms with Crippen molar-refractivity contribution in [3.63, 3.8) is 0 Å². The van der Waals surface area contributed by atoms with Gasteiger partial charge < -0.3 is 30.5 Å². The number of nitrogens with zero attached hydrogens (tertiary/aromatic N) is 6. The first-order chi connectivity index (χ1) is 28.5. The van der Waals surface area contributed by atoms with Crippen LogP contribution in [-0.2, 0) is 11.2 Å². The molecule has 0 fully saturated rings. The molecule has 3 unspecified atom stereocenters. The molecule has 11 nitrogen and oxygen atoms in total. The molecule has 1 aliphatic carbocycles. The Morgan fingerprint density at radius 1 is 1.13 bits per heavy atom. The lowest BCUT2D eigenvalue weighted by Gasteiger charge is -2.36. The number of halogens is 1. The number of aliphatic hydroxyl groups is 1. The number of carbonyl (C=O) groups excluding carboxylic acids is 1. The lowest BCUT2D eigenvalue weighted by molar-refractivity contribution is -0.124. The maximum Gasteiger partial charge on any atom is 0.318 e. The van der Waals surface area contributed by atoms with Crippen LogP contribution in [0.2, 0.25) is 0 Å². The van der Waals surface area contributed by atoms with E-state index in [1.807, 2.05) is 60.6 Å². The van der Waals surface area contributed by atoms with Crippen molar-refractivity contribution in [2.45, 2.75) is 113 Å². The van der Waals surface area contributed by atoms with Gasteiger partial charge in [-0.25, -0.2) is 4.39 Å². The van der Waals surface area contributed by atoms with E-state index in [1.165, 1.54) is 11.0 Å². The molecule has 0 bridgehead atoms. The van der Waals surface area contributed by atoms with Crippen LogP contribution in [0.1, 0.15) is 117 Å². The predicted molar refractivity (Wildman–Crippen MR) is 246 cm³/mol. The molecule has 1 aromatic heterocycles. The van der Waals surface area contributed by atoms with Crippen LogP contribution in [-0.4, -0.2) is 94.9 Å². The topological polar surface area (TPSA) is 150 Å². The van der Waals surface area contributed by atoms with Crippen LogP contribution in [0.3, 0.4) is 0 Å². The Bertz CT molecular complexity index is 2170. The van der Waals surface area contributed by atoms with Crippen molar-refractivity contribution in [2.24, 2.45) is 27.1 Å². The number of likely N-dealkylation sites (N-methyl/N-ethyl adjacent to an activating group) is 1. The minimum atomic E-state index is -0.478. The third kappa shape index (κ3) is 10.6. The number of aryl methyl sites for hydroxylation is 1. The predicted octanol–water partition coefficient (Wildman–Crippen LogP) is 9.04. The van der Waals surface area contributed by atoms with Gasteiger partial charge >= 0.3 is 6.01 Å². The van der Waals surface area contributed by atoms with Crippen molar-refractivity contribution < 1.29 is 24.1 Å². The Morgan fingerprint density at radius 2 is 1.85 bits per heavy atom. The second-order valence-electron chi connectivity index (χ2n) is 16.4. The Balaban J connectivity index is 0.00000391. The summed E-state index contributed by atoms with van der Waals surface area (Å²) in [6.45, 7) is 22.1. The number of anilines is 1. The average molecular weight is 826 g/mol. The maximum absolute atomic E-state index is 15.5. The third-order valence-electron chi connectivity index (χ3n) is 11.5. The SMILES string of the molecule is C/C=C1\C(=NC(C)C)C(c2cc(O)cc3ccc(F)c(CC)c23)=Cc2nc(OCC(C)(CC(O)CC)C(C)CC)nc(N3CCCN=C(/C=C(\N)C(=O)N(C)C)C3)c21.CC. The highest BCUT2D eigenvalue weighted by Crippen LogP contribution is 2.44. The monoisotopic (exact) mass is 826 g/mol. The number of phenols is 1. The Labute approximate surface area is 357 Å². The van der Waals surface area contributed by atoms with Crippen LogP contribution in [0.5, 0.6) is 11.8 Å². The molecule has 326 valence electrons. The molecule has 3 atom stereocenters. The van der Waals surface area contributed by atoms with Crippen molar-refractivity contribution in [3.05, 3.63) is 70.3 Å². The number of ether oxygens (including phenoxy) is 1. The summed E-state index contributed by atoms with van der Waals surface area (Å²) in [4.78, 5) is 36.6. The number of amides is 1. The largest absolute Gasteiger partial charge is 0.508 e. The van der Waals surface area contributed by atoms with E-state index in [-0.39, 0.29) is 53.2 Å². The number of nitrogens with two attached hydrogens (primary N) is 1. The summed E-state index contributed by atoms with van der Waals surface area (Å²) in [6, 6.07) is 6.53. The van der Waals surface area contributed by atoms with Gasteiger partial charge in [-0.2, -0.15) is 9.97 Å². The van der Waals surface area contributed by atoms with Gasteiger partial charge in [0.25, 0.3) is 5.91 Å². The van der Waals surface area contributed by atoms with E-state index in [1.54, 1.807) is 38.4 Å². The molecule has 1 aliphatic heterocycles. The number of aromatic nitrogens is 2. The molecular weight excluding hydrogens is 758 g/mol. The van der Waals surface area contributed by atoms with Crippen molar-refractivity contribution >= 4 is 51.1 Å². The molecule has 2 heterocycles. The molecule has 2 aliphatic rings. The number of carbonyl (C=O) groups is 1. The average Bonchev–Trinajstić information content (AvgIpc) is 3.47. The van der Waals surface area contributed by atoms with Gasteiger partial charge in [-0.05, 0) is 105 Å². The lowest BCUT2D eigenvalue weighted by atomic mass is 9.73. The first-order valence-electron chi connectivity index (χ1n) is 21.7. The molecular formula is C48H68FN7O4. The molecule has 3 aromatic rings. The fraction of sp³-hybridized carbons (Fsp3) is 0.521. The summed E-state index contributed by atoms with van der Waals surface area (Å²) in [5.74, 6) is 0.280. The number of benzene rings is 2. The second-order valence-corrected chi connectivity index (χ2v) is 16.4. The molecule has 0 saturated carbocycles. The number of rotatable bonds is 14. The van der Waals surface area contributed by atoms with Crippen LogP contribution < -0.4 is 15.4 Å². The zero-order valence-corrected chi connectivity index (χ0v) is 38.0. The van der Waals surface area contributed by atoms with E-state index in [0.717, 1.165) is 17.6 Å². The van der Waals surface area contributed by atoms with Crippen molar-refractivity contribution in [1.82, 2.24) is 14.9 Å². The molecule has 5 rings (SSSR count). The summed E-state index contributed by atoms with van der Waals surface area (Å²) in [5.41, 5.74) is 11.3. The zero-order valence-electron chi connectivity index (χ0n) is 38.0. The summed E-state index contributed by atoms with van der Waals surface area (Å²) in [5, 5.41) is 23.3. The molecule has 1 amide bonds. The van der Waals surface area contributed by atoms with Crippen LogP contribution >= 0.6 is 0 Å². The fourth-order valence-corrected chi connectivity index (χ4v) is 7.90. The van der Waals surface area contributed by atoms with Gasteiger partial charge in [0.2, 0.25) is 0 Å². The highest BCUT2D eigenvalue weighted by Gasteiger charge is 2.36. The number of aromatic hydroxyl groups is 1. The number of aliphatic hydroxyl groups excluding tert-OH is 1. The van der Waals surface area contributed by atoms with Crippen LogP contribution in [0.4, 0.5) is 10.2 Å². The highest BCUT2D eigenvalue weighted by atomic mass is 19.1. The molecule has 0 saturated heterocycles. The Kier molecular flexibility index (Phi) is 16.6. The maximum atomic E-state index is 15.5. The van der Waals surface area contributed by atoms with Gasteiger partial charge in [-0.3, -0.25) is 14.8 Å². The Hall–Kier alpha value is -5.10. The number of fused-ring (bicyclic) bond motifs is 2. The van der Waals surface area contributed by atoms with Gasteiger partial charge in [0.05, 0.1) is 47.6 Å². The van der Waals surface area contributed by atoms with Crippen LogP contribution in [0.15, 0.2) is 52.1 Å². The van der Waals surface area contributed by atoms with E-state index in [2.05, 4.69) is 25.7 Å². The standard InChI is InChI=1S/C46H62FN7O4.C2H6/c1-11-28(7)46(8,24-31(55)12-2)26-58-45-51-39-23-36(35-22-32(56)20-29-16-17-37(47)33(13-3)40(29)35)42(50-27(5)6)34(14-4)41(39)43(52-45)54-19-15-18-49-30(25-54)21-38(48)44(57)53(9)10;1-2/h14,16-17,20-23,27-28,31,55-56H,11-13,15,18-19,24-26,48H2,1-10H3;1-2H3/b34-14-,38-21-,50-42?;. The minimum absolute atomic E-state index is 0.0521. The quantitative estimate of drug-likeness (QED) is 0.136. The van der Waals surface area contributed by atoms with Gasteiger partial charge in [-0.15, -0.1) is 0 Å². The third-order valence-corrected chi connectivity index (χ3v) is 11.5. The van der Waals surface area contributed by atoms with Crippen LogP contribution in [0, 0.1) is 17.2 Å². The van der Waals surface area contributed by atoms with Crippen molar-refractivity contribution in [3.8, 4) is 11.8 Å². The van der Waals surface area contributed by atoms with Gasteiger partial charge in [0, 0.05) is 49.8 Å². The molecule has 0 spiro atoms. The van der Waals surface area contributed by atoms with Gasteiger partial charge in [0.1, 0.15) is 17.4 Å². The van der Waals surface area contributed by atoms with E-state index < -0.39 is 6.10 Å². The first-order valence-corrected chi connectivity index (χ1v) is 21.7. The number of allylic oxidation sites excluding steroid dienone is 3. The van der Waals surface area contributed by atoms with E-state index >= 15 is 4.39 Å². The van der Waals surface area contributed by atoms with E-state index in [4.69, 9.17) is 30.4 Å². The molecule has 60 heavy (non-hydrogen) atoms. The molecule has 2 aromatic carbocycles. The molecule has 0 radical (unpaired) electrons. The number of phenolic OH excluding ortho intramolecular Hbond substituents is 1. The number of hydrogen-bond donors (Lipinski definition) is 3. The summed E-state index contributed by atoms with van der Waals surface area (Å²) < 4.78 is 22.2. The summed E-state index contributed by atoms with van der Waals surface area (Å²) in [7, 11) is 3.31. The number of hydrogen-bond acceptors (Lipinski definition) is 10. The fourth-order valence-electron chi connectivity index (χ4n) is 7.90. The second kappa shape index (κ2) is 20.9. The molecule has 12 heteroatoms.